The van der Waals surface area contributed by atoms with Crippen molar-refractivity contribution in [2.24, 2.45) is 0 Å². The molecule has 0 unspecified atom stereocenters. The maximum Gasteiger partial charge on any atom is 0.416 e. The van der Waals surface area contributed by atoms with E-state index in [9.17, 15) is 18.0 Å². The standard InChI is InChI=1S/C21H30F3N3OSi/c1-12(2)29(13(3)4,14(5)6)20-15(7)18(26-27-20)19(28)25-17-10-8-16(9-11-17)21(22,23)24/h8-14H,1-7H3,(H,25,28)(H,26,27). The Kier molecular flexibility index (Phi) is 6.67. The quantitative estimate of drug-likeness (QED) is 0.568. The van der Waals surface area contributed by atoms with Gasteiger partial charge in [-0.1, -0.05) is 41.5 Å². The fourth-order valence-electron chi connectivity index (χ4n) is 4.84. The third-order valence-corrected chi connectivity index (χ3v) is 13.1. The molecule has 8 heteroatoms. The molecule has 0 aliphatic heterocycles. The smallest absolute Gasteiger partial charge is 0.321 e. The van der Waals surface area contributed by atoms with Crippen LogP contribution in [0.2, 0.25) is 16.6 Å². The Hall–Kier alpha value is -2.09. The summed E-state index contributed by atoms with van der Waals surface area (Å²) in [5, 5.41) is 11.2. The van der Waals surface area contributed by atoms with Gasteiger partial charge in [-0.3, -0.25) is 9.89 Å². The van der Waals surface area contributed by atoms with Gasteiger partial charge in [-0.05, 0) is 53.4 Å². The molecule has 1 aromatic carbocycles. The number of anilines is 1. The summed E-state index contributed by atoms with van der Waals surface area (Å²) in [4.78, 5) is 12.8. The van der Waals surface area contributed by atoms with E-state index >= 15 is 0 Å². The molecule has 1 aromatic heterocycles. The second kappa shape index (κ2) is 8.34. The SMILES string of the molecule is Cc1c(C(=O)Nc2ccc(C(F)(F)F)cc2)n[nH]c1[Si](C(C)C)(C(C)C)C(C)C. The van der Waals surface area contributed by atoms with Crippen molar-refractivity contribution in [1.82, 2.24) is 10.2 Å². The van der Waals surface area contributed by atoms with Crippen molar-refractivity contribution in [3.63, 3.8) is 0 Å². The minimum absolute atomic E-state index is 0.290. The van der Waals surface area contributed by atoms with E-state index in [-0.39, 0.29) is 0 Å². The number of halogens is 3. The first-order chi connectivity index (χ1) is 13.3. The molecule has 0 saturated heterocycles. The zero-order valence-electron chi connectivity index (χ0n) is 18.0. The van der Waals surface area contributed by atoms with Gasteiger partial charge in [-0.15, -0.1) is 0 Å². The maximum absolute atomic E-state index is 12.8. The zero-order chi connectivity index (χ0) is 22.1. The lowest BCUT2D eigenvalue weighted by Crippen LogP contribution is -2.57. The van der Waals surface area contributed by atoms with Crippen LogP contribution in [0.25, 0.3) is 0 Å². The second-order valence-corrected chi connectivity index (χ2v) is 14.3. The predicted octanol–water partition coefficient (Wildman–Crippen LogP) is 5.88. The van der Waals surface area contributed by atoms with Crippen molar-refractivity contribution >= 4 is 25.0 Å². The van der Waals surface area contributed by atoms with Crippen LogP contribution < -0.4 is 10.6 Å². The summed E-state index contributed by atoms with van der Waals surface area (Å²) < 4.78 is 38.1. The first kappa shape index (κ1) is 23.2. The molecule has 0 fully saturated rings. The number of amides is 1. The summed E-state index contributed by atoms with van der Waals surface area (Å²) in [6.45, 7) is 15.3. The van der Waals surface area contributed by atoms with Gasteiger partial charge in [-0.2, -0.15) is 18.3 Å². The van der Waals surface area contributed by atoms with E-state index in [1.165, 1.54) is 12.1 Å². The van der Waals surface area contributed by atoms with Crippen LogP contribution in [0.1, 0.15) is 63.2 Å². The van der Waals surface area contributed by atoms with Crippen LogP contribution in [-0.2, 0) is 6.18 Å². The third-order valence-electron chi connectivity index (χ3n) is 5.99. The van der Waals surface area contributed by atoms with E-state index in [0.29, 0.717) is 28.0 Å². The van der Waals surface area contributed by atoms with Gasteiger partial charge in [0.25, 0.3) is 5.91 Å². The summed E-state index contributed by atoms with van der Waals surface area (Å²) in [5.74, 6) is -0.427. The van der Waals surface area contributed by atoms with E-state index in [1.807, 2.05) is 6.92 Å². The average molecular weight is 426 g/mol. The van der Waals surface area contributed by atoms with Crippen LogP contribution in [0.15, 0.2) is 24.3 Å². The number of carbonyl (C=O) groups is 1. The highest BCUT2D eigenvalue weighted by Crippen LogP contribution is 2.41. The molecule has 0 radical (unpaired) electrons. The van der Waals surface area contributed by atoms with Crippen molar-refractivity contribution < 1.29 is 18.0 Å². The van der Waals surface area contributed by atoms with Crippen LogP contribution in [0.4, 0.5) is 18.9 Å². The predicted molar refractivity (Wildman–Crippen MR) is 113 cm³/mol. The summed E-state index contributed by atoms with van der Waals surface area (Å²) >= 11 is 0. The van der Waals surface area contributed by atoms with Gasteiger partial charge in [-0.25, -0.2) is 0 Å². The number of hydrogen-bond acceptors (Lipinski definition) is 2. The van der Waals surface area contributed by atoms with Crippen molar-refractivity contribution in [2.75, 3.05) is 5.32 Å². The van der Waals surface area contributed by atoms with Gasteiger partial charge < -0.3 is 5.32 Å². The van der Waals surface area contributed by atoms with Crippen molar-refractivity contribution in [3.05, 3.63) is 41.1 Å². The lowest BCUT2D eigenvalue weighted by atomic mass is 10.2. The second-order valence-electron chi connectivity index (χ2n) is 8.50. The van der Waals surface area contributed by atoms with Gasteiger partial charge in [0, 0.05) is 11.0 Å². The van der Waals surface area contributed by atoms with Gasteiger partial charge >= 0.3 is 6.18 Å². The van der Waals surface area contributed by atoms with E-state index in [0.717, 1.165) is 23.0 Å². The van der Waals surface area contributed by atoms with Gasteiger partial charge in [0.15, 0.2) is 5.69 Å². The summed E-state index contributed by atoms with van der Waals surface area (Å²) in [6.07, 6.45) is -4.41. The van der Waals surface area contributed by atoms with Crippen LogP contribution in [0.3, 0.4) is 0 Å². The summed E-state index contributed by atoms with van der Waals surface area (Å²) in [5.41, 5.74) is 2.02. The molecular weight excluding hydrogens is 395 g/mol. The van der Waals surface area contributed by atoms with E-state index < -0.39 is 25.7 Å². The molecule has 4 nitrogen and oxygen atoms in total. The molecule has 0 atom stereocenters. The molecule has 0 saturated carbocycles. The number of nitrogens with one attached hydrogen (secondary N) is 2. The highest BCUT2D eigenvalue weighted by atomic mass is 28.3. The van der Waals surface area contributed by atoms with Crippen LogP contribution in [-0.4, -0.2) is 24.2 Å². The lowest BCUT2D eigenvalue weighted by Gasteiger charge is -2.42. The zero-order valence-corrected chi connectivity index (χ0v) is 19.0. The minimum atomic E-state index is -4.41. The molecule has 0 aliphatic rings. The van der Waals surface area contributed by atoms with Crippen molar-refractivity contribution in [2.45, 2.75) is 71.3 Å². The lowest BCUT2D eigenvalue weighted by molar-refractivity contribution is -0.137. The summed E-state index contributed by atoms with van der Waals surface area (Å²) in [7, 11) is -2.02. The highest BCUT2D eigenvalue weighted by Gasteiger charge is 2.47. The highest BCUT2D eigenvalue weighted by molar-refractivity contribution is 6.94. The number of aromatic amines is 1. The molecule has 0 bridgehead atoms. The normalized spacial score (nSPS) is 12.9. The summed E-state index contributed by atoms with van der Waals surface area (Å²) in [6, 6.07) is 4.40. The number of alkyl halides is 3. The van der Waals surface area contributed by atoms with Crippen LogP contribution in [0, 0.1) is 6.92 Å². The molecule has 1 amide bonds. The first-order valence-electron chi connectivity index (χ1n) is 9.87. The Morgan fingerprint density at radius 1 is 1.00 bits per heavy atom. The molecule has 1 heterocycles. The molecule has 2 N–H and O–H groups in total. The number of benzene rings is 1. The Morgan fingerprint density at radius 2 is 1.48 bits per heavy atom. The van der Waals surface area contributed by atoms with Crippen molar-refractivity contribution in [3.8, 4) is 0 Å². The number of H-pyrrole nitrogens is 1. The average Bonchev–Trinajstić information content (AvgIpc) is 2.96. The first-order valence-corrected chi connectivity index (χ1v) is 12.1. The Bertz CT molecular complexity index is 833. The van der Waals surface area contributed by atoms with Gasteiger partial charge in [0.2, 0.25) is 0 Å². The van der Waals surface area contributed by atoms with E-state index in [4.69, 9.17) is 0 Å². The Labute approximate surface area is 171 Å². The molecule has 160 valence electrons. The number of aromatic nitrogens is 2. The van der Waals surface area contributed by atoms with Crippen molar-refractivity contribution in [1.29, 1.82) is 0 Å². The van der Waals surface area contributed by atoms with Crippen LogP contribution in [0.5, 0.6) is 0 Å². The molecule has 0 spiro atoms. The maximum atomic E-state index is 12.8. The monoisotopic (exact) mass is 425 g/mol. The molecule has 29 heavy (non-hydrogen) atoms. The molecular formula is C21H30F3N3OSi. The van der Waals surface area contributed by atoms with Gasteiger partial charge in [0.05, 0.1) is 5.56 Å². The van der Waals surface area contributed by atoms with Gasteiger partial charge in [0.1, 0.15) is 8.07 Å². The van der Waals surface area contributed by atoms with Crippen LogP contribution >= 0.6 is 0 Å². The third kappa shape index (κ3) is 4.27. The Balaban J connectivity index is 2.36. The molecule has 2 aromatic rings. The topological polar surface area (TPSA) is 57.8 Å². The van der Waals surface area contributed by atoms with E-state index in [1.54, 1.807) is 0 Å². The fourth-order valence-corrected chi connectivity index (χ4v) is 11.6. The molecule has 2 rings (SSSR count). The Morgan fingerprint density at radius 3 is 1.90 bits per heavy atom. The fraction of sp³-hybridized carbons (Fsp3) is 0.524. The van der Waals surface area contributed by atoms with E-state index in [2.05, 4.69) is 57.1 Å². The number of carbonyl (C=O) groups excluding carboxylic acids is 1. The number of hydrogen-bond donors (Lipinski definition) is 2. The number of nitrogens with zero attached hydrogens (tertiary/aromatic N) is 1. The molecule has 0 aliphatic carbocycles. The number of rotatable bonds is 6. The minimum Gasteiger partial charge on any atom is -0.321 e. The largest absolute Gasteiger partial charge is 0.416 e.